The van der Waals surface area contributed by atoms with Gasteiger partial charge in [-0.15, -0.1) is 12.4 Å². The quantitative estimate of drug-likeness (QED) is 0.880. The molecular formula is C13H17Cl2F3N2O. The smallest absolute Gasteiger partial charge is 0.290 e. The van der Waals surface area contributed by atoms with Crippen LogP contribution in [0.25, 0.3) is 0 Å². The van der Waals surface area contributed by atoms with Crippen LogP contribution in [0.15, 0.2) is 18.2 Å². The van der Waals surface area contributed by atoms with E-state index >= 15 is 0 Å². The Morgan fingerprint density at radius 1 is 1.33 bits per heavy atom. The maximum absolute atomic E-state index is 14.1. The van der Waals surface area contributed by atoms with Crippen molar-refractivity contribution in [2.75, 3.05) is 32.8 Å². The minimum Gasteiger partial charge on any atom is -0.390 e. The minimum absolute atomic E-state index is 0. The molecule has 1 aliphatic heterocycles. The van der Waals surface area contributed by atoms with Gasteiger partial charge in [0.1, 0.15) is 18.5 Å². The van der Waals surface area contributed by atoms with Gasteiger partial charge in [-0.05, 0) is 6.07 Å². The molecule has 0 saturated carbocycles. The van der Waals surface area contributed by atoms with Gasteiger partial charge < -0.3 is 10.4 Å². The van der Waals surface area contributed by atoms with Crippen LogP contribution in [0.2, 0.25) is 5.02 Å². The average Bonchev–Trinajstić information content (AvgIpc) is 2.45. The molecule has 1 fully saturated rings. The van der Waals surface area contributed by atoms with Crippen molar-refractivity contribution in [2.24, 2.45) is 0 Å². The first kappa shape index (κ1) is 18.5. The summed E-state index contributed by atoms with van der Waals surface area (Å²) in [7, 11) is 0. The van der Waals surface area contributed by atoms with Crippen molar-refractivity contribution in [3.05, 3.63) is 34.6 Å². The van der Waals surface area contributed by atoms with Crippen LogP contribution >= 0.6 is 24.0 Å². The third-order valence-electron chi connectivity index (χ3n) is 3.40. The Labute approximate surface area is 132 Å². The molecule has 120 valence electrons. The number of benzene rings is 1. The first-order valence-electron chi connectivity index (χ1n) is 6.34. The van der Waals surface area contributed by atoms with Gasteiger partial charge in [0.15, 0.2) is 0 Å². The summed E-state index contributed by atoms with van der Waals surface area (Å²) in [4.78, 5) is 1.47. The lowest BCUT2D eigenvalue weighted by atomic mass is 9.97. The summed E-state index contributed by atoms with van der Waals surface area (Å²) in [6, 6.07) is 2.51. The summed E-state index contributed by atoms with van der Waals surface area (Å²) in [5.74, 6) is -4.30. The second kappa shape index (κ2) is 7.65. The van der Waals surface area contributed by atoms with Gasteiger partial charge in [-0.2, -0.15) is 0 Å². The van der Waals surface area contributed by atoms with E-state index in [9.17, 15) is 13.2 Å². The van der Waals surface area contributed by atoms with Gasteiger partial charge >= 0.3 is 0 Å². The molecule has 1 saturated heterocycles. The number of alkyl halides is 2. The third kappa shape index (κ3) is 4.02. The molecule has 1 heterocycles. The van der Waals surface area contributed by atoms with Gasteiger partial charge in [-0.1, -0.05) is 23.7 Å². The summed E-state index contributed by atoms with van der Waals surface area (Å²) in [6.45, 7) is 0.451. The van der Waals surface area contributed by atoms with Crippen LogP contribution in [0.3, 0.4) is 0 Å². The Morgan fingerprint density at radius 3 is 2.52 bits per heavy atom. The SMILES string of the molecule is Cl.OCC(F)(F)[C@@H](c1cccc(Cl)c1F)N1CCNCC1. The van der Waals surface area contributed by atoms with Crippen molar-refractivity contribution in [2.45, 2.75) is 12.0 Å². The molecule has 0 radical (unpaired) electrons. The molecule has 2 rings (SSSR count). The van der Waals surface area contributed by atoms with Crippen molar-refractivity contribution in [1.82, 2.24) is 10.2 Å². The molecule has 3 nitrogen and oxygen atoms in total. The van der Waals surface area contributed by atoms with E-state index in [-0.39, 0.29) is 23.0 Å². The fraction of sp³-hybridized carbons (Fsp3) is 0.538. The minimum atomic E-state index is -3.44. The Bertz CT molecular complexity index is 471. The molecule has 0 aromatic heterocycles. The highest BCUT2D eigenvalue weighted by atomic mass is 35.5. The monoisotopic (exact) mass is 344 g/mol. The standard InChI is InChI=1S/C13H16ClF3N2O.ClH/c14-10-3-1-2-9(11(10)15)12(13(16,17)8-20)19-6-4-18-5-7-19;/h1-3,12,18,20H,4-8H2;1H/t12-;/m1./s1. The predicted molar refractivity (Wildman–Crippen MR) is 77.9 cm³/mol. The molecule has 0 amide bonds. The van der Waals surface area contributed by atoms with Crippen LogP contribution in [0.5, 0.6) is 0 Å². The van der Waals surface area contributed by atoms with Crippen molar-refractivity contribution < 1.29 is 18.3 Å². The zero-order chi connectivity index (χ0) is 14.8. The predicted octanol–water partition coefficient (Wildman–Crippen LogP) is 2.47. The molecule has 21 heavy (non-hydrogen) atoms. The largest absolute Gasteiger partial charge is 0.390 e. The molecule has 1 aromatic carbocycles. The van der Waals surface area contributed by atoms with E-state index < -0.39 is 24.4 Å². The summed E-state index contributed by atoms with van der Waals surface area (Å²) >= 11 is 5.68. The van der Waals surface area contributed by atoms with Crippen molar-refractivity contribution in [3.63, 3.8) is 0 Å². The number of nitrogens with one attached hydrogen (secondary N) is 1. The molecule has 8 heteroatoms. The highest BCUT2D eigenvalue weighted by molar-refractivity contribution is 6.30. The summed E-state index contributed by atoms with van der Waals surface area (Å²) in [5.41, 5.74) is -0.182. The fourth-order valence-corrected chi connectivity index (χ4v) is 2.63. The maximum atomic E-state index is 14.1. The molecule has 0 spiro atoms. The van der Waals surface area contributed by atoms with Crippen LogP contribution in [0.4, 0.5) is 13.2 Å². The number of rotatable bonds is 4. The van der Waals surface area contributed by atoms with Crippen LogP contribution in [-0.2, 0) is 0 Å². The Kier molecular flexibility index (Phi) is 6.74. The fourth-order valence-electron chi connectivity index (χ4n) is 2.45. The Balaban J connectivity index is 0.00000220. The molecule has 1 aromatic rings. The zero-order valence-electron chi connectivity index (χ0n) is 11.2. The van der Waals surface area contributed by atoms with Crippen molar-refractivity contribution in [1.29, 1.82) is 0 Å². The average molecular weight is 345 g/mol. The van der Waals surface area contributed by atoms with E-state index in [4.69, 9.17) is 16.7 Å². The summed E-state index contributed by atoms with van der Waals surface area (Å²) in [5, 5.41) is 11.8. The number of halogens is 5. The number of piperazine rings is 1. The van der Waals surface area contributed by atoms with E-state index in [0.29, 0.717) is 26.2 Å². The van der Waals surface area contributed by atoms with Gasteiger partial charge in [0.2, 0.25) is 0 Å². The zero-order valence-corrected chi connectivity index (χ0v) is 12.7. The molecule has 2 N–H and O–H groups in total. The maximum Gasteiger partial charge on any atom is 0.290 e. The molecule has 0 aliphatic carbocycles. The summed E-state index contributed by atoms with van der Waals surface area (Å²) in [6.07, 6.45) is 0. The van der Waals surface area contributed by atoms with Crippen LogP contribution in [0, 0.1) is 5.82 Å². The first-order chi connectivity index (χ1) is 9.47. The van der Waals surface area contributed by atoms with E-state index in [1.54, 1.807) is 0 Å². The van der Waals surface area contributed by atoms with Gasteiger partial charge in [0.05, 0.1) is 5.02 Å². The number of hydrogen-bond acceptors (Lipinski definition) is 3. The van der Waals surface area contributed by atoms with Crippen molar-refractivity contribution >= 4 is 24.0 Å². The molecule has 1 aliphatic rings. The van der Waals surface area contributed by atoms with E-state index in [1.165, 1.54) is 23.1 Å². The van der Waals surface area contributed by atoms with Gasteiger partial charge in [-0.3, -0.25) is 4.90 Å². The lowest BCUT2D eigenvalue weighted by molar-refractivity contribution is -0.119. The summed E-state index contributed by atoms with van der Waals surface area (Å²) < 4.78 is 42.2. The number of nitrogens with zero attached hydrogens (tertiary/aromatic N) is 1. The van der Waals surface area contributed by atoms with E-state index in [2.05, 4.69) is 5.32 Å². The number of hydrogen-bond donors (Lipinski definition) is 2. The van der Waals surface area contributed by atoms with Crippen molar-refractivity contribution in [3.8, 4) is 0 Å². The molecule has 1 atom stereocenters. The highest BCUT2D eigenvalue weighted by Crippen LogP contribution is 2.38. The Hall–Kier alpha value is -0.530. The van der Waals surface area contributed by atoms with E-state index in [1.807, 2.05) is 0 Å². The molecular weight excluding hydrogens is 328 g/mol. The van der Waals surface area contributed by atoms with E-state index in [0.717, 1.165) is 0 Å². The number of aliphatic hydroxyl groups is 1. The lowest BCUT2D eigenvalue weighted by Crippen LogP contribution is -2.51. The topological polar surface area (TPSA) is 35.5 Å². The third-order valence-corrected chi connectivity index (χ3v) is 3.70. The number of aliphatic hydroxyl groups excluding tert-OH is 1. The van der Waals surface area contributed by atoms with Crippen LogP contribution in [0.1, 0.15) is 11.6 Å². The second-order valence-electron chi connectivity index (χ2n) is 4.75. The Morgan fingerprint density at radius 2 is 1.95 bits per heavy atom. The lowest BCUT2D eigenvalue weighted by Gasteiger charge is -2.38. The normalized spacial score (nSPS) is 18.1. The highest BCUT2D eigenvalue weighted by Gasteiger charge is 2.45. The van der Waals surface area contributed by atoms with Crippen LogP contribution in [-0.4, -0.2) is 48.7 Å². The van der Waals surface area contributed by atoms with Crippen LogP contribution < -0.4 is 5.32 Å². The van der Waals surface area contributed by atoms with Gasteiger partial charge in [0, 0.05) is 31.7 Å². The molecule has 0 unspecified atom stereocenters. The van der Waals surface area contributed by atoms with Gasteiger partial charge in [-0.25, -0.2) is 13.2 Å². The molecule has 0 bridgehead atoms. The second-order valence-corrected chi connectivity index (χ2v) is 5.16. The van der Waals surface area contributed by atoms with Gasteiger partial charge in [0.25, 0.3) is 5.92 Å². The first-order valence-corrected chi connectivity index (χ1v) is 6.72.